The lowest BCUT2D eigenvalue weighted by atomic mass is 10.2. The lowest BCUT2D eigenvalue weighted by Crippen LogP contribution is -2.38. The maximum absolute atomic E-state index is 13.0. The zero-order valence-electron chi connectivity index (χ0n) is 13.7. The average molecular weight is 301 g/mol. The van der Waals surface area contributed by atoms with Crippen LogP contribution in [-0.4, -0.2) is 36.2 Å². The molecule has 1 fully saturated rings. The molecule has 1 saturated carbocycles. The van der Waals surface area contributed by atoms with Crippen molar-refractivity contribution in [3.63, 3.8) is 0 Å². The number of amides is 1. The monoisotopic (exact) mass is 301 g/mol. The van der Waals surface area contributed by atoms with E-state index in [0.29, 0.717) is 12.6 Å². The van der Waals surface area contributed by atoms with E-state index in [1.807, 2.05) is 54.2 Å². The number of aryl methyl sites for hydroxylation is 3. The number of aromatic nitrogens is 4. The lowest BCUT2D eigenvalue weighted by Gasteiger charge is -2.26. The molecule has 0 aliphatic heterocycles. The molecule has 0 N–H and O–H groups in total. The zero-order valence-corrected chi connectivity index (χ0v) is 13.7. The average Bonchev–Trinajstić information content (AvgIpc) is 3.15. The van der Waals surface area contributed by atoms with Gasteiger partial charge in [0.2, 0.25) is 5.91 Å². The highest BCUT2D eigenvalue weighted by Crippen LogP contribution is 2.30. The van der Waals surface area contributed by atoms with Crippen LogP contribution in [0.5, 0.6) is 0 Å². The van der Waals surface area contributed by atoms with Gasteiger partial charge in [0.25, 0.3) is 0 Å². The predicted octanol–water partition coefficient (Wildman–Crippen LogP) is 1.99. The molecule has 2 aromatic rings. The number of nitrogens with zero attached hydrogens (tertiary/aromatic N) is 5. The number of imidazole rings is 1. The molecule has 2 aromatic heterocycles. The van der Waals surface area contributed by atoms with Crippen molar-refractivity contribution >= 4 is 5.91 Å². The third-order valence-corrected chi connectivity index (χ3v) is 4.27. The molecule has 0 saturated heterocycles. The summed E-state index contributed by atoms with van der Waals surface area (Å²) in [5, 5.41) is 4.46. The quantitative estimate of drug-likeness (QED) is 0.848. The molecular formula is C16H23N5O. The Balaban J connectivity index is 1.81. The Hall–Kier alpha value is -2.11. The first-order chi connectivity index (χ1) is 10.5. The van der Waals surface area contributed by atoms with Crippen molar-refractivity contribution in [2.75, 3.05) is 0 Å². The van der Waals surface area contributed by atoms with Crippen molar-refractivity contribution in [1.82, 2.24) is 24.2 Å². The minimum absolute atomic E-state index is 0.122. The molecule has 6 heteroatoms. The van der Waals surface area contributed by atoms with E-state index in [1.54, 1.807) is 6.20 Å². The molecule has 0 spiro atoms. The van der Waals surface area contributed by atoms with Gasteiger partial charge in [0.1, 0.15) is 11.9 Å². The summed E-state index contributed by atoms with van der Waals surface area (Å²) < 4.78 is 3.79. The minimum atomic E-state index is -0.283. The molecule has 3 rings (SSSR count). The highest BCUT2D eigenvalue weighted by atomic mass is 16.2. The van der Waals surface area contributed by atoms with Gasteiger partial charge < -0.3 is 9.47 Å². The van der Waals surface area contributed by atoms with Crippen molar-refractivity contribution < 1.29 is 4.79 Å². The van der Waals surface area contributed by atoms with Crippen LogP contribution in [0.2, 0.25) is 0 Å². The largest absolute Gasteiger partial charge is 0.337 e. The van der Waals surface area contributed by atoms with Crippen LogP contribution in [0.25, 0.3) is 0 Å². The van der Waals surface area contributed by atoms with Crippen LogP contribution in [0.3, 0.4) is 0 Å². The summed E-state index contributed by atoms with van der Waals surface area (Å²) in [6.45, 7) is 6.43. The zero-order chi connectivity index (χ0) is 15.9. The number of hydrogen-bond donors (Lipinski definition) is 0. The number of carbonyl (C=O) groups is 1. The second-order valence-electron chi connectivity index (χ2n) is 6.20. The van der Waals surface area contributed by atoms with Crippen LogP contribution < -0.4 is 0 Å². The molecular weight excluding hydrogens is 278 g/mol. The highest BCUT2D eigenvalue weighted by molar-refractivity contribution is 5.80. The molecule has 0 bridgehead atoms. The van der Waals surface area contributed by atoms with Gasteiger partial charge in [0, 0.05) is 31.2 Å². The maximum Gasteiger partial charge on any atom is 0.247 e. The molecule has 0 radical (unpaired) electrons. The topological polar surface area (TPSA) is 56.0 Å². The van der Waals surface area contributed by atoms with Gasteiger partial charge in [-0.3, -0.25) is 9.48 Å². The molecule has 2 heterocycles. The molecule has 1 aliphatic carbocycles. The normalized spacial score (nSPS) is 15.8. The van der Waals surface area contributed by atoms with Crippen LogP contribution in [-0.2, 0) is 18.4 Å². The second-order valence-corrected chi connectivity index (χ2v) is 6.20. The van der Waals surface area contributed by atoms with Gasteiger partial charge in [0.15, 0.2) is 0 Å². The summed E-state index contributed by atoms with van der Waals surface area (Å²) in [6.07, 6.45) is 5.85. The fraction of sp³-hybridized carbons (Fsp3) is 0.562. The Kier molecular flexibility index (Phi) is 3.76. The van der Waals surface area contributed by atoms with Gasteiger partial charge in [-0.15, -0.1) is 0 Å². The van der Waals surface area contributed by atoms with E-state index in [9.17, 15) is 4.79 Å². The summed E-state index contributed by atoms with van der Waals surface area (Å²) in [6, 6.07) is 2.07. The van der Waals surface area contributed by atoms with E-state index >= 15 is 0 Å². The standard InChI is InChI=1S/C16H23N5O/c1-11-9-12(2)21(18-11)13(3)16(22)20(14-5-6-14)10-15-17-7-8-19(15)4/h7-9,13-14H,5-6,10H2,1-4H3/t13-/m0/s1. The summed E-state index contributed by atoms with van der Waals surface area (Å²) in [4.78, 5) is 19.3. The van der Waals surface area contributed by atoms with E-state index in [4.69, 9.17) is 0 Å². The SMILES string of the molecule is Cc1cc(C)n([C@@H](C)C(=O)N(Cc2nccn2C)C2CC2)n1. The minimum Gasteiger partial charge on any atom is -0.337 e. The van der Waals surface area contributed by atoms with Crippen LogP contribution in [0.15, 0.2) is 18.5 Å². The van der Waals surface area contributed by atoms with E-state index < -0.39 is 0 Å². The van der Waals surface area contributed by atoms with Gasteiger partial charge >= 0.3 is 0 Å². The van der Waals surface area contributed by atoms with Crippen LogP contribution in [0, 0.1) is 13.8 Å². The summed E-state index contributed by atoms with van der Waals surface area (Å²) in [5.41, 5.74) is 1.96. The number of carbonyl (C=O) groups excluding carboxylic acids is 1. The van der Waals surface area contributed by atoms with Crippen molar-refractivity contribution in [3.8, 4) is 0 Å². The Morgan fingerprint density at radius 2 is 2.18 bits per heavy atom. The first-order valence-electron chi connectivity index (χ1n) is 7.77. The number of rotatable bonds is 5. The molecule has 1 atom stereocenters. The van der Waals surface area contributed by atoms with Crippen LogP contribution >= 0.6 is 0 Å². The fourth-order valence-electron chi connectivity index (χ4n) is 2.86. The molecule has 6 nitrogen and oxygen atoms in total. The highest BCUT2D eigenvalue weighted by Gasteiger charge is 2.36. The fourth-order valence-corrected chi connectivity index (χ4v) is 2.86. The van der Waals surface area contributed by atoms with Crippen molar-refractivity contribution in [1.29, 1.82) is 0 Å². The maximum atomic E-state index is 13.0. The molecule has 1 amide bonds. The third kappa shape index (κ3) is 2.77. The Morgan fingerprint density at radius 1 is 1.45 bits per heavy atom. The number of hydrogen-bond acceptors (Lipinski definition) is 3. The molecule has 1 aliphatic rings. The van der Waals surface area contributed by atoms with Gasteiger partial charge in [-0.25, -0.2) is 4.98 Å². The Labute approximate surface area is 130 Å². The third-order valence-electron chi connectivity index (χ3n) is 4.27. The van der Waals surface area contributed by atoms with E-state index in [1.165, 1.54) is 0 Å². The molecule has 118 valence electrons. The van der Waals surface area contributed by atoms with E-state index in [0.717, 1.165) is 30.1 Å². The first-order valence-corrected chi connectivity index (χ1v) is 7.77. The summed E-state index contributed by atoms with van der Waals surface area (Å²) in [7, 11) is 1.96. The van der Waals surface area contributed by atoms with E-state index in [-0.39, 0.29) is 11.9 Å². The Bertz CT molecular complexity index is 683. The molecule has 22 heavy (non-hydrogen) atoms. The first kappa shape index (κ1) is 14.8. The second kappa shape index (κ2) is 5.59. The Morgan fingerprint density at radius 3 is 2.68 bits per heavy atom. The molecule has 0 unspecified atom stereocenters. The van der Waals surface area contributed by atoms with Gasteiger partial charge in [-0.1, -0.05) is 0 Å². The van der Waals surface area contributed by atoms with Crippen molar-refractivity contribution in [2.45, 2.75) is 52.2 Å². The van der Waals surface area contributed by atoms with Crippen LogP contribution in [0.4, 0.5) is 0 Å². The lowest BCUT2D eigenvalue weighted by molar-refractivity contribution is -0.136. The van der Waals surface area contributed by atoms with E-state index in [2.05, 4.69) is 10.1 Å². The smallest absolute Gasteiger partial charge is 0.247 e. The predicted molar refractivity (Wildman–Crippen MR) is 83.2 cm³/mol. The van der Waals surface area contributed by atoms with Gasteiger partial charge in [0.05, 0.1) is 12.2 Å². The molecule has 0 aromatic carbocycles. The summed E-state index contributed by atoms with van der Waals surface area (Å²) in [5.74, 6) is 1.04. The van der Waals surface area contributed by atoms with Gasteiger partial charge in [-0.2, -0.15) is 5.10 Å². The summed E-state index contributed by atoms with van der Waals surface area (Å²) >= 11 is 0. The van der Waals surface area contributed by atoms with Crippen molar-refractivity contribution in [3.05, 3.63) is 35.7 Å². The van der Waals surface area contributed by atoms with Gasteiger partial charge in [-0.05, 0) is 39.7 Å². The van der Waals surface area contributed by atoms with Crippen molar-refractivity contribution in [2.24, 2.45) is 7.05 Å². The van der Waals surface area contributed by atoms with Crippen LogP contribution in [0.1, 0.15) is 43.0 Å².